The molecule has 0 spiro atoms. The molecule has 0 fully saturated rings. The van der Waals surface area contributed by atoms with E-state index >= 15 is 0 Å². The molecule has 1 N–H and O–H groups in total. The highest BCUT2D eigenvalue weighted by Gasteiger charge is 2.13. The summed E-state index contributed by atoms with van der Waals surface area (Å²) in [4.78, 5) is 23.4. The van der Waals surface area contributed by atoms with Crippen LogP contribution in [0.25, 0.3) is 10.9 Å². The largest absolute Gasteiger partial charge is 0.481 e. The third kappa shape index (κ3) is 3.31. The predicted molar refractivity (Wildman–Crippen MR) is 90.1 cm³/mol. The van der Waals surface area contributed by atoms with Crippen LogP contribution in [0.4, 0.5) is 4.39 Å². The van der Waals surface area contributed by atoms with Crippen LogP contribution in [0.15, 0.2) is 53.5 Å². The molecule has 6 heteroatoms. The van der Waals surface area contributed by atoms with Gasteiger partial charge in [-0.2, -0.15) is 0 Å². The normalized spacial score (nSPS) is 10.9. The Kier molecular flexibility index (Phi) is 4.36. The van der Waals surface area contributed by atoms with E-state index in [9.17, 15) is 14.0 Å². The van der Waals surface area contributed by atoms with Crippen molar-refractivity contribution in [2.75, 3.05) is 0 Å². The van der Waals surface area contributed by atoms with E-state index in [1.165, 1.54) is 18.3 Å². The number of fused-ring (bicyclic) bond motifs is 1. The standard InChI is InChI=1S/C18H13ClFNO3/c19-13-3-1-11(2-4-13)9-21-10-12(7-17(22)23)18(24)15-8-14(20)5-6-16(15)21/h1-6,8,10H,7,9H2,(H,22,23). The molecule has 0 aliphatic carbocycles. The zero-order valence-electron chi connectivity index (χ0n) is 12.5. The first-order valence-electron chi connectivity index (χ1n) is 7.22. The molecule has 1 heterocycles. The van der Waals surface area contributed by atoms with Crippen molar-refractivity contribution in [3.8, 4) is 0 Å². The highest BCUT2D eigenvalue weighted by molar-refractivity contribution is 6.30. The summed E-state index contributed by atoms with van der Waals surface area (Å²) >= 11 is 5.88. The van der Waals surface area contributed by atoms with Gasteiger partial charge in [0.2, 0.25) is 0 Å². The van der Waals surface area contributed by atoms with E-state index in [-0.39, 0.29) is 10.9 Å². The van der Waals surface area contributed by atoms with E-state index < -0.39 is 23.6 Å². The second kappa shape index (κ2) is 6.45. The number of carboxylic acid groups (broad SMARTS) is 1. The number of rotatable bonds is 4. The minimum absolute atomic E-state index is 0.120. The number of halogens is 2. The Balaban J connectivity index is 2.17. The van der Waals surface area contributed by atoms with Crippen molar-refractivity contribution in [1.29, 1.82) is 0 Å². The van der Waals surface area contributed by atoms with E-state index in [2.05, 4.69) is 0 Å². The van der Waals surface area contributed by atoms with Crippen LogP contribution in [0.3, 0.4) is 0 Å². The van der Waals surface area contributed by atoms with Gasteiger partial charge in [0.1, 0.15) is 5.82 Å². The molecule has 0 atom stereocenters. The van der Waals surface area contributed by atoms with Gasteiger partial charge in [-0.15, -0.1) is 0 Å². The molecule has 0 unspecified atom stereocenters. The van der Waals surface area contributed by atoms with Crippen molar-refractivity contribution >= 4 is 28.5 Å². The number of aromatic nitrogens is 1. The number of carbonyl (C=O) groups is 1. The van der Waals surface area contributed by atoms with Gasteiger partial charge in [-0.1, -0.05) is 23.7 Å². The van der Waals surface area contributed by atoms with Crippen LogP contribution in [0.1, 0.15) is 11.1 Å². The molecule has 0 bridgehead atoms. The van der Waals surface area contributed by atoms with E-state index in [0.29, 0.717) is 17.1 Å². The Morgan fingerprint density at radius 3 is 2.54 bits per heavy atom. The fourth-order valence-corrected chi connectivity index (χ4v) is 2.76. The van der Waals surface area contributed by atoms with Gasteiger partial charge in [0.25, 0.3) is 0 Å². The molecule has 2 aromatic carbocycles. The highest BCUT2D eigenvalue weighted by Crippen LogP contribution is 2.17. The summed E-state index contributed by atoms with van der Waals surface area (Å²) in [6, 6.07) is 11.1. The third-order valence-corrected chi connectivity index (χ3v) is 3.98. The minimum Gasteiger partial charge on any atom is -0.481 e. The molecular formula is C18H13ClFNO3. The molecule has 0 saturated carbocycles. The average molecular weight is 346 g/mol. The number of pyridine rings is 1. The summed E-state index contributed by atoms with van der Waals surface area (Å²) in [5, 5.41) is 9.77. The smallest absolute Gasteiger partial charge is 0.308 e. The Labute approximate surface area is 141 Å². The highest BCUT2D eigenvalue weighted by atomic mass is 35.5. The van der Waals surface area contributed by atoms with E-state index in [0.717, 1.165) is 11.6 Å². The second-order valence-corrected chi connectivity index (χ2v) is 5.91. The van der Waals surface area contributed by atoms with Crippen LogP contribution in [0.2, 0.25) is 5.02 Å². The average Bonchev–Trinajstić information content (AvgIpc) is 2.53. The van der Waals surface area contributed by atoms with Crippen LogP contribution in [0, 0.1) is 5.82 Å². The first kappa shape index (κ1) is 16.2. The van der Waals surface area contributed by atoms with Crippen molar-refractivity contribution in [1.82, 2.24) is 4.57 Å². The van der Waals surface area contributed by atoms with Gasteiger partial charge in [0, 0.05) is 28.7 Å². The van der Waals surface area contributed by atoms with Gasteiger partial charge in [0.15, 0.2) is 5.43 Å². The third-order valence-electron chi connectivity index (χ3n) is 3.72. The molecule has 0 aliphatic rings. The second-order valence-electron chi connectivity index (χ2n) is 5.47. The summed E-state index contributed by atoms with van der Waals surface area (Å²) in [5.41, 5.74) is 1.13. The van der Waals surface area contributed by atoms with Crippen molar-refractivity contribution in [3.63, 3.8) is 0 Å². The number of nitrogens with zero attached hydrogens (tertiary/aromatic N) is 1. The lowest BCUT2D eigenvalue weighted by Gasteiger charge is -2.13. The van der Waals surface area contributed by atoms with Crippen LogP contribution >= 0.6 is 11.6 Å². The molecule has 0 saturated heterocycles. The van der Waals surface area contributed by atoms with E-state index in [1.807, 2.05) is 12.1 Å². The van der Waals surface area contributed by atoms with Gasteiger partial charge in [0.05, 0.1) is 11.9 Å². The summed E-state index contributed by atoms with van der Waals surface area (Å²) in [6.07, 6.45) is 1.11. The lowest BCUT2D eigenvalue weighted by Crippen LogP contribution is -2.18. The van der Waals surface area contributed by atoms with Crippen LogP contribution < -0.4 is 5.43 Å². The van der Waals surface area contributed by atoms with E-state index in [4.69, 9.17) is 16.7 Å². The van der Waals surface area contributed by atoms with Crippen molar-refractivity contribution in [3.05, 3.63) is 80.9 Å². The zero-order chi connectivity index (χ0) is 17.3. The predicted octanol–water partition coefficient (Wildman–Crippen LogP) is 3.47. The first-order valence-corrected chi connectivity index (χ1v) is 7.59. The van der Waals surface area contributed by atoms with Crippen molar-refractivity contribution in [2.45, 2.75) is 13.0 Å². The van der Waals surface area contributed by atoms with Gasteiger partial charge >= 0.3 is 5.97 Å². The molecule has 24 heavy (non-hydrogen) atoms. The lowest BCUT2D eigenvalue weighted by molar-refractivity contribution is -0.136. The Hall–Kier alpha value is -2.66. The van der Waals surface area contributed by atoms with Gasteiger partial charge < -0.3 is 9.67 Å². The molecule has 122 valence electrons. The van der Waals surface area contributed by atoms with Crippen molar-refractivity contribution in [2.24, 2.45) is 0 Å². The molecule has 3 rings (SSSR count). The Morgan fingerprint density at radius 1 is 1.17 bits per heavy atom. The molecule has 0 radical (unpaired) electrons. The minimum atomic E-state index is -1.11. The lowest BCUT2D eigenvalue weighted by atomic mass is 10.1. The summed E-state index contributed by atoms with van der Waals surface area (Å²) in [5.74, 6) is -1.65. The van der Waals surface area contributed by atoms with Crippen molar-refractivity contribution < 1.29 is 14.3 Å². The SMILES string of the molecule is O=C(O)Cc1cn(Cc2ccc(Cl)cc2)c2ccc(F)cc2c1=O. The van der Waals surface area contributed by atoms with Gasteiger partial charge in [-0.25, -0.2) is 4.39 Å². The number of hydrogen-bond donors (Lipinski definition) is 1. The molecule has 1 aromatic heterocycles. The molecule has 3 aromatic rings. The zero-order valence-corrected chi connectivity index (χ0v) is 13.3. The molecule has 0 aliphatic heterocycles. The van der Waals surface area contributed by atoms with Gasteiger partial charge in [-0.3, -0.25) is 9.59 Å². The summed E-state index contributed by atoms with van der Waals surface area (Å²) in [7, 11) is 0. The van der Waals surface area contributed by atoms with Gasteiger partial charge in [-0.05, 0) is 35.9 Å². The Morgan fingerprint density at radius 2 is 1.88 bits per heavy atom. The molecule has 4 nitrogen and oxygen atoms in total. The van der Waals surface area contributed by atoms with Crippen LogP contribution in [-0.2, 0) is 17.8 Å². The number of benzene rings is 2. The molecular weight excluding hydrogens is 333 g/mol. The quantitative estimate of drug-likeness (QED) is 0.787. The maximum atomic E-state index is 13.5. The summed E-state index contributed by atoms with van der Waals surface area (Å²) in [6.45, 7) is 0.409. The summed E-state index contributed by atoms with van der Waals surface area (Å²) < 4.78 is 15.3. The fourth-order valence-electron chi connectivity index (χ4n) is 2.64. The number of aliphatic carboxylic acids is 1. The number of hydrogen-bond acceptors (Lipinski definition) is 2. The van der Waals surface area contributed by atoms with Crippen LogP contribution in [0.5, 0.6) is 0 Å². The first-order chi connectivity index (χ1) is 11.4. The molecule has 0 amide bonds. The maximum absolute atomic E-state index is 13.5. The monoisotopic (exact) mass is 345 g/mol. The topological polar surface area (TPSA) is 59.3 Å². The Bertz CT molecular complexity index is 980. The van der Waals surface area contributed by atoms with Crippen LogP contribution in [-0.4, -0.2) is 15.6 Å². The maximum Gasteiger partial charge on any atom is 0.308 e. The fraction of sp³-hybridized carbons (Fsp3) is 0.111. The van der Waals surface area contributed by atoms with E-state index in [1.54, 1.807) is 16.7 Å². The number of carboxylic acids is 1.